The number of nitrogens with zero attached hydrogens (tertiary/aromatic N) is 2. The van der Waals surface area contributed by atoms with Gasteiger partial charge in [-0.2, -0.15) is 0 Å². The molecule has 3 N–H and O–H groups in total. The summed E-state index contributed by atoms with van der Waals surface area (Å²) in [7, 11) is 6.84. The van der Waals surface area contributed by atoms with E-state index in [0.717, 1.165) is 0 Å². The number of fused-ring (bicyclic) bond motifs is 1. The first-order valence-corrected chi connectivity index (χ1v) is 10.0. The molecule has 0 radical (unpaired) electrons. The number of nitrogens with two attached hydrogens (primary N) is 1. The van der Waals surface area contributed by atoms with Crippen LogP contribution in [0.25, 0.3) is 10.9 Å². The quantitative estimate of drug-likeness (QED) is 0.461. The summed E-state index contributed by atoms with van der Waals surface area (Å²) in [4.78, 5) is 18.6. The van der Waals surface area contributed by atoms with Crippen molar-refractivity contribution in [1.29, 1.82) is 0 Å². The van der Waals surface area contributed by atoms with E-state index in [1.165, 1.54) is 38.4 Å². The summed E-state index contributed by atoms with van der Waals surface area (Å²) < 4.78 is 24.7. The molecule has 0 aliphatic carbocycles. The molecule has 33 heavy (non-hydrogen) atoms. The molecule has 1 heterocycles. The zero-order valence-corrected chi connectivity index (χ0v) is 19.1. The third kappa shape index (κ3) is 7.71. The highest BCUT2D eigenvalue weighted by molar-refractivity contribution is 6.30. The average molecular weight is 477 g/mol. The van der Waals surface area contributed by atoms with Gasteiger partial charge >= 0.3 is 0 Å². The van der Waals surface area contributed by atoms with Gasteiger partial charge in [0.05, 0.1) is 23.3 Å². The highest BCUT2D eigenvalue weighted by atomic mass is 35.5. The summed E-state index contributed by atoms with van der Waals surface area (Å²) in [5.74, 6) is 0.504. The summed E-state index contributed by atoms with van der Waals surface area (Å²) in [5, 5.41) is 3.42. The molecule has 0 aliphatic rings. The zero-order valence-electron chi connectivity index (χ0n) is 18.4. The molecule has 0 fully saturated rings. The van der Waals surface area contributed by atoms with E-state index in [1.807, 2.05) is 19.0 Å². The van der Waals surface area contributed by atoms with Gasteiger partial charge in [0.15, 0.2) is 0 Å². The Labute approximate surface area is 199 Å². The second-order valence-corrected chi connectivity index (χ2v) is 7.12. The van der Waals surface area contributed by atoms with Crippen LogP contribution >= 0.6 is 11.6 Å². The van der Waals surface area contributed by atoms with Crippen LogP contribution in [0.2, 0.25) is 5.02 Å². The van der Waals surface area contributed by atoms with E-state index in [9.17, 15) is 9.18 Å². The minimum atomic E-state index is -0.527. The molecule has 1 aromatic heterocycles. The Hall–Kier alpha value is -3.20. The maximum Gasteiger partial charge on any atom is 0.248 e. The predicted octanol–water partition coefficient (Wildman–Crippen LogP) is 5.10. The number of carbonyl (C=O) groups is 1. The summed E-state index contributed by atoms with van der Waals surface area (Å²) >= 11 is 5.84. The van der Waals surface area contributed by atoms with Crippen LogP contribution in [0.3, 0.4) is 0 Å². The number of likely N-dealkylation sites (N-methyl/N-ethyl adjacent to an activating group) is 1. The van der Waals surface area contributed by atoms with Gasteiger partial charge in [-0.25, -0.2) is 4.39 Å². The number of amides is 1. The molecule has 3 rings (SSSR count). The van der Waals surface area contributed by atoms with Crippen molar-refractivity contribution in [2.45, 2.75) is 7.43 Å². The molecule has 0 aliphatic heterocycles. The molecule has 0 atom stereocenters. The molecule has 0 bridgehead atoms. The van der Waals surface area contributed by atoms with E-state index in [1.54, 1.807) is 30.5 Å². The van der Waals surface area contributed by atoms with Crippen LogP contribution in [-0.4, -0.2) is 50.6 Å². The van der Waals surface area contributed by atoms with Gasteiger partial charge in [-0.05, 0) is 45.4 Å². The molecule has 178 valence electrons. The third-order valence-electron chi connectivity index (χ3n) is 4.14. The van der Waals surface area contributed by atoms with Gasteiger partial charge in [-0.15, -0.1) is 0 Å². The van der Waals surface area contributed by atoms with Gasteiger partial charge in [0.2, 0.25) is 5.91 Å². The molecule has 0 saturated heterocycles. The first-order valence-electron chi connectivity index (χ1n) is 9.67. The number of ether oxygens (including phenoxy) is 2. The Balaban J connectivity index is 0.00000177. The lowest BCUT2D eigenvalue weighted by Gasteiger charge is -2.13. The van der Waals surface area contributed by atoms with Crippen LogP contribution in [0.5, 0.6) is 17.2 Å². The van der Waals surface area contributed by atoms with E-state index in [4.69, 9.17) is 21.1 Å². The molecular formula is C24H30ClFN4O3. The summed E-state index contributed by atoms with van der Waals surface area (Å²) in [6.07, 6.45) is 4.81. The normalized spacial score (nSPS) is 10.4. The largest absolute Gasteiger partial charge is 0.494 e. The number of rotatable bonds is 7. The smallest absolute Gasteiger partial charge is 0.248 e. The maximum absolute atomic E-state index is 13.4. The van der Waals surface area contributed by atoms with Gasteiger partial charge < -0.3 is 25.4 Å². The van der Waals surface area contributed by atoms with Gasteiger partial charge in [0.1, 0.15) is 23.1 Å². The molecule has 9 heteroatoms. The highest BCUT2D eigenvalue weighted by Crippen LogP contribution is 2.36. The number of aromatic nitrogens is 1. The number of benzene rings is 2. The Morgan fingerprint density at radius 3 is 2.58 bits per heavy atom. The Morgan fingerprint density at radius 2 is 1.94 bits per heavy atom. The fourth-order valence-corrected chi connectivity index (χ4v) is 2.89. The van der Waals surface area contributed by atoms with Crippen molar-refractivity contribution in [3.05, 3.63) is 65.6 Å². The minimum absolute atomic E-state index is 0. The van der Waals surface area contributed by atoms with Crippen molar-refractivity contribution in [3.8, 4) is 17.2 Å². The van der Waals surface area contributed by atoms with Gasteiger partial charge in [-0.3, -0.25) is 9.78 Å². The maximum atomic E-state index is 13.4. The van der Waals surface area contributed by atoms with Crippen LogP contribution in [0.1, 0.15) is 7.43 Å². The highest BCUT2D eigenvalue weighted by Gasteiger charge is 2.13. The number of hydrogen-bond acceptors (Lipinski definition) is 6. The lowest BCUT2D eigenvalue weighted by atomic mass is 10.1. The number of nitrogens with one attached hydrogen (secondary N) is 1. The van der Waals surface area contributed by atoms with Gasteiger partial charge in [-0.1, -0.05) is 25.1 Å². The number of anilines is 1. The fourth-order valence-electron chi connectivity index (χ4n) is 2.72. The molecule has 0 unspecified atom stereocenters. The molecule has 7 nitrogen and oxygen atoms in total. The fraction of sp³-hybridized carbons (Fsp3) is 0.250. The van der Waals surface area contributed by atoms with Crippen molar-refractivity contribution in [2.24, 2.45) is 5.73 Å². The van der Waals surface area contributed by atoms with Crippen LogP contribution in [0.4, 0.5) is 10.1 Å². The molecular weight excluding hydrogens is 447 g/mol. The number of hydrogen-bond donors (Lipinski definition) is 2. The number of halogens is 2. The summed E-state index contributed by atoms with van der Waals surface area (Å²) in [6, 6.07) is 9.21. The van der Waals surface area contributed by atoms with E-state index in [2.05, 4.69) is 16.0 Å². The number of methoxy groups -OCH3 is 1. The SMILES string of the molecule is C.CN.COc1cc2nccc(Oc3ccc(F)c(Cl)c3)c2cc1NC(=O)/C=C/CN(C)C. The summed E-state index contributed by atoms with van der Waals surface area (Å²) in [5.41, 5.74) is 5.58. The number of pyridine rings is 1. The summed E-state index contributed by atoms with van der Waals surface area (Å²) in [6.45, 7) is 0.643. The monoisotopic (exact) mass is 476 g/mol. The van der Waals surface area contributed by atoms with E-state index >= 15 is 0 Å². The lowest BCUT2D eigenvalue weighted by molar-refractivity contribution is -0.111. The second kappa shape index (κ2) is 13.4. The van der Waals surface area contributed by atoms with Crippen LogP contribution < -0.4 is 20.5 Å². The lowest BCUT2D eigenvalue weighted by Crippen LogP contribution is -2.13. The first kappa shape index (κ1) is 27.8. The van der Waals surface area contributed by atoms with Crippen molar-refractivity contribution in [3.63, 3.8) is 0 Å². The molecule has 2 aromatic carbocycles. The minimum Gasteiger partial charge on any atom is -0.494 e. The van der Waals surface area contributed by atoms with Gasteiger partial charge in [0.25, 0.3) is 0 Å². The van der Waals surface area contributed by atoms with Crippen molar-refractivity contribution in [2.75, 3.05) is 40.1 Å². The van der Waals surface area contributed by atoms with E-state index < -0.39 is 5.82 Å². The van der Waals surface area contributed by atoms with E-state index in [-0.39, 0.29) is 18.4 Å². The van der Waals surface area contributed by atoms with Crippen LogP contribution in [0, 0.1) is 5.82 Å². The second-order valence-electron chi connectivity index (χ2n) is 6.71. The Bertz CT molecular complexity index is 1110. The first-order chi connectivity index (χ1) is 15.4. The van der Waals surface area contributed by atoms with E-state index in [0.29, 0.717) is 40.4 Å². The molecule has 0 saturated carbocycles. The number of carbonyl (C=O) groups excluding carboxylic acids is 1. The van der Waals surface area contributed by atoms with Crippen molar-refractivity contribution in [1.82, 2.24) is 9.88 Å². The standard InChI is InChI=1S/C22H21ClFN3O3.CH5N.CH4/c1-27(2)10-4-5-22(28)26-19-12-15-18(13-21(19)29-3)25-9-8-20(15)30-14-6-7-17(24)16(23)11-14;1-2;/h4-9,11-13H,10H2,1-3H3,(H,26,28);2H2,1H3;1H4/b5-4+;;. The third-order valence-corrected chi connectivity index (χ3v) is 4.43. The Kier molecular flexibility index (Phi) is 11.3. The van der Waals surface area contributed by atoms with Gasteiger partial charge in [0, 0.05) is 36.3 Å². The average Bonchev–Trinajstić information content (AvgIpc) is 2.77. The zero-order chi connectivity index (χ0) is 23.7. The molecule has 0 spiro atoms. The van der Waals surface area contributed by atoms with Crippen LogP contribution in [0.15, 0.2) is 54.7 Å². The van der Waals surface area contributed by atoms with Crippen molar-refractivity contribution < 1.29 is 18.7 Å². The topological polar surface area (TPSA) is 89.7 Å². The van der Waals surface area contributed by atoms with Crippen molar-refractivity contribution >= 4 is 34.1 Å². The molecule has 3 aromatic rings. The molecule has 1 amide bonds. The predicted molar refractivity (Wildman–Crippen MR) is 133 cm³/mol. The van der Waals surface area contributed by atoms with Crippen LogP contribution in [-0.2, 0) is 4.79 Å². The Morgan fingerprint density at radius 1 is 1.21 bits per heavy atom.